The highest BCUT2D eigenvalue weighted by Crippen LogP contribution is 2.27. The summed E-state index contributed by atoms with van der Waals surface area (Å²) in [6.45, 7) is 6.51. The van der Waals surface area contributed by atoms with Gasteiger partial charge in [-0.15, -0.1) is 0 Å². The number of benzene rings is 2. The van der Waals surface area contributed by atoms with Crippen molar-refractivity contribution in [2.24, 2.45) is 0 Å². The third-order valence-electron chi connectivity index (χ3n) is 2.94. The molecule has 0 aliphatic rings. The third kappa shape index (κ3) is 2.35. The van der Waals surface area contributed by atoms with Crippen LogP contribution in [0.5, 0.6) is 5.75 Å². The van der Waals surface area contributed by atoms with Crippen LogP contribution < -0.4 is 5.19 Å². The van der Waals surface area contributed by atoms with E-state index in [4.69, 9.17) is 0 Å². The summed E-state index contributed by atoms with van der Waals surface area (Å²) in [5, 5.41) is 12.3. The van der Waals surface area contributed by atoms with Crippen molar-refractivity contribution < 1.29 is 9.90 Å². The van der Waals surface area contributed by atoms with Gasteiger partial charge < -0.3 is 9.90 Å². The van der Waals surface area contributed by atoms with Crippen molar-refractivity contribution in [3.05, 3.63) is 35.9 Å². The van der Waals surface area contributed by atoms with Gasteiger partial charge in [0.2, 0.25) is 0 Å². The Kier molecular flexibility index (Phi) is 2.97. The summed E-state index contributed by atoms with van der Waals surface area (Å²) in [5.74, 6) is 0.168. The predicted molar refractivity (Wildman–Crippen MR) is 71.9 cm³/mol. The van der Waals surface area contributed by atoms with E-state index < -0.39 is 0 Å². The first kappa shape index (κ1) is 12.1. The van der Waals surface area contributed by atoms with Crippen LogP contribution in [0.1, 0.15) is 26.3 Å². The van der Waals surface area contributed by atoms with Crippen LogP contribution in [0.15, 0.2) is 30.3 Å². The Morgan fingerprint density at radius 1 is 1.00 bits per heavy atom. The van der Waals surface area contributed by atoms with Crippen molar-refractivity contribution in [1.82, 2.24) is 0 Å². The first-order valence-electron chi connectivity index (χ1n) is 5.59. The van der Waals surface area contributed by atoms with Gasteiger partial charge in [0.1, 0.15) is 5.75 Å². The molecule has 0 heterocycles. The van der Waals surface area contributed by atoms with Gasteiger partial charge in [0.15, 0.2) is 0 Å². The van der Waals surface area contributed by atoms with Crippen LogP contribution in [-0.4, -0.2) is 19.7 Å². The van der Waals surface area contributed by atoms with Gasteiger partial charge in [-0.25, -0.2) is 0 Å². The quantitative estimate of drug-likeness (QED) is 0.754. The summed E-state index contributed by atoms with van der Waals surface area (Å²) in [5.41, 5.74) is 1.36. The molecule has 2 nitrogen and oxygen atoms in total. The highest BCUT2D eigenvalue weighted by atomic mass is 28.2. The number of phenols is 1. The summed E-state index contributed by atoms with van der Waals surface area (Å²) >= 11 is 0. The fraction of sp³-hybridized carbons (Fsp3) is 0.286. The van der Waals surface area contributed by atoms with Crippen molar-refractivity contribution in [2.45, 2.75) is 26.2 Å². The zero-order valence-electron chi connectivity index (χ0n) is 10.3. The van der Waals surface area contributed by atoms with E-state index in [1.807, 2.05) is 12.1 Å². The van der Waals surface area contributed by atoms with Crippen molar-refractivity contribution in [1.29, 1.82) is 0 Å². The van der Waals surface area contributed by atoms with E-state index in [2.05, 4.69) is 32.9 Å². The molecular formula is C14H16O2Si. The molecule has 2 aromatic rings. The van der Waals surface area contributed by atoms with E-state index in [1.54, 1.807) is 6.07 Å². The molecule has 0 amide bonds. The second kappa shape index (κ2) is 4.16. The van der Waals surface area contributed by atoms with Gasteiger partial charge in [-0.05, 0) is 33.9 Å². The molecule has 2 radical (unpaired) electrons. The van der Waals surface area contributed by atoms with Gasteiger partial charge in [-0.2, -0.15) is 0 Å². The monoisotopic (exact) mass is 244 g/mol. The molecule has 0 saturated carbocycles. The number of aromatic hydroxyl groups is 1. The molecule has 0 spiro atoms. The molecule has 2 rings (SSSR count). The smallest absolute Gasteiger partial charge is 0.269 e. The van der Waals surface area contributed by atoms with Crippen molar-refractivity contribution in [3.8, 4) is 5.75 Å². The molecule has 0 aromatic heterocycles. The van der Waals surface area contributed by atoms with Gasteiger partial charge >= 0.3 is 0 Å². The molecule has 17 heavy (non-hydrogen) atoms. The van der Waals surface area contributed by atoms with Crippen molar-refractivity contribution in [2.75, 3.05) is 0 Å². The topological polar surface area (TPSA) is 40.5 Å². The lowest BCUT2D eigenvalue weighted by molar-refractivity contribution is 0.479. The molecule has 88 valence electrons. The second-order valence-corrected chi connectivity index (χ2v) is 6.06. The van der Waals surface area contributed by atoms with E-state index >= 15 is 0 Å². The molecule has 0 atom stereocenters. The lowest BCUT2D eigenvalue weighted by atomic mass is 9.86. The van der Waals surface area contributed by atoms with Crippen LogP contribution >= 0.6 is 0 Å². The fourth-order valence-corrected chi connectivity index (χ4v) is 2.25. The highest BCUT2D eigenvalue weighted by Gasteiger charge is 2.14. The average molecular weight is 244 g/mol. The van der Waals surface area contributed by atoms with E-state index in [-0.39, 0.29) is 20.9 Å². The fourth-order valence-electron chi connectivity index (χ4n) is 1.84. The Hall–Kier alpha value is -1.32. The molecular weight excluding hydrogens is 228 g/mol. The van der Waals surface area contributed by atoms with E-state index in [0.717, 1.165) is 10.8 Å². The van der Waals surface area contributed by atoms with Gasteiger partial charge in [0.25, 0.3) is 9.76 Å². The molecule has 2 N–H and O–H groups in total. The third-order valence-corrected chi connectivity index (χ3v) is 3.58. The highest BCUT2D eigenvalue weighted by molar-refractivity contribution is 6.47. The Morgan fingerprint density at radius 2 is 1.71 bits per heavy atom. The summed E-state index contributed by atoms with van der Waals surface area (Å²) in [7, 11) is -0.374. The zero-order valence-corrected chi connectivity index (χ0v) is 11.3. The van der Waals surface area contributed by atoms with Gasteiger partial charge in [-0.1, -0.05) is 39.0 Å². The number of fused-ring (bicyclic) bond motifs is 1. The minimum absolute atomic E-state index is 0.105. The minimum atomic E-state index is -0.374. The van der Waals surface area contributed by atoms with Gasteiger partial charge in [-0.3, -0.25) is 0 Å². The maximum Gasteiger partial charge on any atom is 0.269 e. The van der Waals surface area contributed by atoms with Crippen LogP contribution in [0, 0.1) is 0 Å². The van der Waals surface area contributed by atoms with Gasteiger partial charge in [0, 0.05) is 5.19 Å². The summed E-state index contributed by atoms with van der Waals surface area (Å²) < 4.78 is 0. The predicted octanol–water partition coefficient (Wildman–Crippen LogP) is 2.08. The van der Waals surface area contributed by atoms with E-state index in [9.17, 15) is 9.90 Å². The first-order valence-corrected chi connectivity index (χ1v) is 6.54. The molecule has 2 aromatic carbocycles. The lowest BCUT2D eigenvalue weighted by Crippen LogP contribution is -2.14. The van der Waals surface area contributed by atoms with Crippen LogP contribution in [-0.2, 0) is 5.41 Å². The average Bonchev–Trinajstić information content (AvgIpc) is 2.26. The minimum Gasteiger partial charge on any atom is -0.508 e. The second-order valence-electron chi connectivity index (χ2n) is 5.29. The molecule has 3 heteroatoms. The molecule has 0 aliphatic heterocycles. The van der Waals surface area contributed by atoms with E-state index in [1.165, 1.54) is 5.56 Å². The van der Waals surface area contributed by atoms with E-state index in [0.29, 0.717) is 5.19 Å². The van der Waals surface area contributed by atoms with Crippen molar-refractivity contribution >= 4 is 25.7 Å². The van der Waals surface area contributed by atoms with Crippen LogP contribution in [0.25, 0.3) is 10.8 Å². The van der Waals surface area contributed by atoms with Crippen LogP contribution in [0.3, 0.4) is 0 Å². The van der Waals surface area contributed by atoms with Crippen LogP contribution in [0.2, 0.25) is 0 Å². The number of hydrogen-bond acceptors (Lipinski definition) is 2. The lowest BCUT2D eigenvalue weighted by Gasteiger charge is -2.19. The Balaban J connectivity index is 2.65. The standard InChI is InChI=1S/C14H16O2Si/c1-14(2,3)11-5-4-9-7-12(15)13(17-16)8-10(9)6-11/h4-8,15-16H,1-3H3. The number of hydrogen-bond donors (Lipinski definition) is 2. The summed E-state index contributed by atoms with van der Waals surface area (Å²) in [6.07, 6.45) is 0. The molecule has 0 saturated heterocycles. The number of phenolic OH excluding ortho intramolecular Hbond substituents is 1. The summed E-state index contributed by atoms with van der Waals surface area (Å²) in [6, 6.07) is 9.79. The molecule has 0 aliphatic carbocycles. The zero-order chi connectivity index (χ0) is 12.6. The maximum atomic E-state index is 9.68. The largest absolute Gasteiger partial charge is 0.508 e. The molecule has 0 fully saturated rings. The Bertz CT molecular complexity index is 556. The normalized spacial score (nSPS) is 12.0. The Labute approximate surface area is 104 Å². The molecule has 0 unspecified atom stereocenters. The SMILES string of the molecule is CC(C)(C)c1ccc2cc(O)c([Si]O)cc2c1. The summed E-state index contributed by atoms with van der Waals surface area (Å²) in [4.78, 5) is 9.17. The number of rotatable bonds is 1. The van der Waals surface area contributed by atoms with Gasteiger partial charge in [0.05, 0.1) is 0 Å². The van der Waals surface area contributed by atoms with Crippen LogP contribution in [0.4, 0.5) is 0 Å². The Morgan fingerprint density at radius 3 is 2.29 bits per heavy atom. The maximum absolute atomic E-state index is 9.68. The molecule has 0 bridgehead atoms. The first-order chi connectivity index (χ1) is 7.91. The van der Waals surface area contributed by atoms with Crippen molar-refractivity contribution in [3.63, 3.8) is 0 Å².